The first-order chi connectivity index (χ1) is 13.5. The molecule has 2 saturated heterocycles. The lowest BCUT2D eigenvalue weighted by Crippen LogP contribution is -2.61. The van der Waals surface area contributed by atoms with Crippen LogP contribution in [0, 0.1) is 11.8 Å². The van der Waals surface area contributed by atoms with Gasteiger partial charge in [-0.15, -0.1) is 0 Å². The largest absolute Gasteiger partial charge is 0.360 e. The van der Waals surface area contributed by atoms with E-state index in [0.717, 1.165) is 24.3 Å². The van der Waals surface area contributed by atoms with Crippen molar-refractivity contribution >= 4 is 17.4 Å². The molecule has 4 aliphatic rings. The topological polar surface area (TPSA) is 70.1 Å². The Morgan fingerprint density at radius 3 is 2.86 bits per heavy atom. The zero-order valence-corrected chi connectivity index (χ0v) is 16.3. The van der Waals surface area contributed by atoms with Crippen molar-refractivity contribution in [2.24, 2.45) is 11.8 Å². The summed E-state index contributed by atoms with van der Waals surface area (Å²) in [7, 11) is 2.09. The Morgan fingerprint density at radius 2 is 2.07 bits per heavy atom. The number of carbonyl (C=O) groups excluding carboxylic acids is 2. The Balaban J connectivity index is 1.79. The molecule has 148 valence electrons. The highest BCUT2D eigenvalue weighted by molar-refractivity contribution is 6.06. The van der Waals surface area contributed by atoms with E-state index in [1.165, 1.54) is 5.57 Å². The lowest BCUT2D eigenvalue weighted by Gasteiger charge is -2.47. The SMILES string of the molecule is CC=C1CN(C)CCC23C(=O)CC1C1COC(O)C(=O)N(c4ccccc42)C13. The number of amides is 1. The number of ether oxygens (including phenoxy) is 1. The Hall–Kier alpha value is -2.02. The van der Waals surface area contributed by atoms with Crippen molar-refractivity contribution < 1.29 is 19.4 Å². The maximum absolute atomic E-state index is 13.8. The predicted molar refractivity (Wildman–Crippen MR) is 104 cm³/mol. The normalized spacial score (nSPS) is 39.2. The molecule has 1 spiro atoms. The average Bonchev–Trinajstić information content (AvgIpc) is 2.97. The second kappa shape index (κ2) is 6.24. The number of benzene rings is 1. The molecule has 1 N–H and O–H groups in total. The number of para-hydroxylation sites is 1. The third kappa shape index (κ3) is 2.19. The van der Waals surface area contributed by atoms with E-state index in [-0.39, 0.29) is 30.3 Å². The number of allylic oxidation sites excluding steroid dienone is 1. The number of nitrogens with zero attached hydrogens (tertiary/aromatic N) is 2. The number of Topliss-reactive ketones (excluding diaryl/α,β-unsaturated/α-hetero) is 1. The Bertz CT molecular complexity index is 881. The van der Waals surface area contributed by atoms with Gasteiger partial charge in [-0.2, -0.15) is 0 Å². The van der Waals surface area contributed by atoms with Gasteiger partial charge in [0.15, 0.2) is 0 Å². The molecule has 3 fully saturated rings. The molecule has 3 heterocycles. The van der Waals surface area contributed by atoms with E-state index in [9.17, 15) is 14.7 Å². The molecule has 1 amide bonds. The number of hydrogen-bond donors (Lipinski definition) is 1. The maximum Gasteiger partial charge on any atom is 0.284 e. The van der Waals surface area contributed by atoms with Crippen LogP contribution in [0.3, 0.4) is 0 Å². The molecule has 2 bridgehead atoms. The van der Waals surface area contributed by atoms with Crippen LogP contribution in [0.5, 0.6) is 0 Å². The summed E-state index contributed by atoms with van der Waals surface area (Å²) in [6.45, 7) is 3.89. The molecule has 1 aromatic rings. The van der Waals surface area contributed by atoms with Crippen LogP contribution in [-0.2, 0) is 19.7 Å². The van der Waals surface area contributed by atoms with Gasteiger partial charge in [0.1, 0.15) is 5.78 Å². The lowest BCUT2D eigenvalue weighted by atomic mass is 9.57. The molecule has 5 atom stereocenters. The van der Waals surface area contributed by atoms with Gasteiger partial charge in [0.25, 0.3) is 5.91 Å². The summed E-state index contributed by atoms with van der Waals surface area (Å²) < 4.78 is 5.61. The third-order valence-electron chi connectivity index (χ3n) is 7.34. The van der Waals surface area contributed by atoms with E-state index in [1.807, 2.05) is 31.2 Å². The minimum absolute atomic E-state index is 0.0195. The quantitative estimate of drug-likeness (QED) is 0.689. The summed E-state index contributed by atoms with van der Waals surface area (Å²) in [5.41, 5.74) is 2.19. The first-order valence-electron chi connectivity index (χ1n) is 10.1. The molecule has 28 heavy (non-hydrogen) atoms. The van der Waals surface area contributed by atoms with Gasteiger partial charge in [-0.1, -0.05) is 29.8 Å². The summed E-state index contributed by atoms with van der Waals surface area (Å²) in [6, 6.07) is 7.42. The molecule has 5 rings (SSSR count). The summed E-state index contributed by atoms with van der Waals surface area (Å²) >= 11 is 0. The number of carbonyl (C=O) groups is 2. The predicted octanol–water partition coefficient (Wildman–Crippen LogP) is 1.48. The van der Waals surface area contributed by atoms with Crippen molar-refractivity contribution in [1.82, 2.24) is 4.90 Å². The Labute approximate surface area is 164 Å². The van der Waals surface area contributed by atoms with Crippen LogP contribution < -0.4 is 4.90 Å². The van der Waals surface area contributed by atoms with Crippen molar-refractivity contribution in [3.8, 4) is 0 Å². The first-order valence-corrected chi connectivity index (χ1v) is 10.1. The van der Waals surface area contributed by atoms with Gasteiger partial charge in [0.05, 0.1) is 18.1 Å². The molecule has 6 nitrogen and oxygen atoms in total. The minimum atomic E-state index is -1.48. The summed E-state index contributed by atoms with van der Waals surface area (Å²) in [5, 5.41) is 10.3. The highest BCUT2D eigenvalue weighted by Crippen LogP contribution is 2.57. The number of ketones is 1. The molecule has 1 aromatic carbocycles. The minimum Gasteiger partial charge on any atom is -0.360 e. The fourth-order valence-electron chi connectivity index (χ4n) is 6.08. The van der Waals surface area contributed by atoms with Gasteiger partial charge in [-0.25, -0.2) is 0 Å². The number of likely N-dealkylation sites (N-methyl/N-ethyl adjacent to an activating group) is 1. The highest BCUT2D eigenvalue weighted by atomic mass is 16.6. The van der Waals surface area contributed by atoms with E-state index in [1.54, 1.807) is 4.90 Å². The number of fused-ring (bicyclic) bond motifs is 5. The van der Waals surface area contributed by atoms with Gasteiger partial charge in [0, 0.05) is 24.6 Å². The lowest BCUT2D eigenvalue weighted by molar-refractivity contribution is -0.154. The van der Waals surface area contributed by atoms with Crippen LogP contribution in [0.2, 0.25) is 0 Å². The number of hydrogen-bond acceptors (Lipinski definition) is 5. The molecular weight excluding hydrogens is 356 g/mol. The molecule has 0 aromatic heterocycles. The van der Waals surface area contributed by atoms with Crippen LogP contribution in [0.1, 0.15) is 25.3 Å². The first kappa shape index (κ1) is 18.0. The molecule has 5 unspecified atom stereocenters. The van der Waals surface area contributed by atoms with Gasteiger partial charge < -0.3 is 19.6 Å². The van der Waals surface area contributed by atoms with Gasteiger partial charge in [-0.3, -0.25) is 9.59 Å². The van der Waals surface area contributed by atoms with Crippen LogP contribution in [0.15, 0.2) is 35.9 Å². The van der Waals surface area contributed by atoms with Crippen molar-refractivity contribution in [3.63, 3.8) is 0 Å². The van der Waals surface area contributed by atoms with Crippen LogP contribution >= 0.6 is 0 Å². The zero-order valence-electron chi connectivity index (χ0n) is 16.3. The fourth-order valence-corrected chi connectivity index (χ4v) is 6.08. The van der Waals surface area contributed by atoms with Crippen molar-refractivity contribution in [3.05, 3.63) is 41.5 Å². The van der Waals surface area contributed by atoms with E-state index < -0.39 is 17.6 Å². The highest BCUT2D eigenvalue weighted by Gasteiger charge is 2.65. The van der Waals surface area contributed by atoms with Crippen molar-refractivity contribution in [2.75, 3.05) is 31.6 Å². The second-order valence-electron chi connectivity index (χ2n) is 8.58. The molecule has 6 heteroatoms. The van der Waals surface area contributed by atoms with E-state index >= 15 is 0 Å². The van der Waals surface area contributed by atoms with Crippen LogP contribution in [0.25, 0.3) is 0 Å². The Kier molecular flexibility index (Phi) is 4.02. The Morgan fingerprint density at radius 1 is 1.29 bits per heavy atom. The third-order valence-corrected chi connectivity index (χ3v) is 7.34. The van der Waals surface area contributed by atoms with Crippen molar-refractivity contribution in [1.29, 1.82) is 0 Å². The van der Waals surface area contributed by atoms with Crippen molar-refractivity contribution in [2.45, 2.75) is 37.5 Å². The molecule has 3 aliphatic heterocycles. The average molecular weight is 382 g/mol. The van der Waals surface area contributed by atoms with E-state index in [4.69, 9.17) is 4.74 Å². The smallest absolute Gasteiger partial charge is 0.284 e. The maximum atomic E-state index is 13.8. The van der Waals surface area contributed by atoms with E-state index in [2.05, 4.69) is 18.0 Å². The molecule has 1 saturated carbocycles. The summed E-state index contributed by atoms with van der Waals surface area (Å²) in [4.78, 5) is 30.8. The van der Waals surface area contributed by atoms with E-state index in [0.29, 0.717) is 12.8 Å². The number of rotatable bonds is 0. The number of aliphatic hydroxyl groups excluding tert-OH is 1. The summed E-state index contributed by atoms with van der Waals surface area (Å²) in [5.74, 6) is -0.243. The molecule has 0 radical (unpaired) electrons. The van der Waals surface area contributed by atoms with Gasteiger partial charge >= 0.3 is 0 Å². The summed E-state index contributed by atoms with van der Waals surface area (Å²) in [6.07, 6.45) is 1.77. The second-order valence-corrected chi connectivity index (χ2v) is 8.58. The number of anilines is 1. The molecule has 1 aliphatic carbocycles. The van der Waals surface area contributed by atoms with Crippen LogP contribution in [-0.4, -0.2) is 60.8 Å². The molecular formula is C22H26N2O4. The fraction of sp³-hybridized carbons (Fsp3) is 0.545. The number of aliphatic hydroxyl groups is 1. The monoisotopic (exact) mass is 382 g/mol. The van der Waals surface area contributed by atoms with Gasteiger partial charge in [-0.05, 0) is 44.5 Å². The van der Waals surface area contributed by atoms with Gasteiger partial charge in [0.2, 0.25) is 6.29 Å². The zero-order chi connectivity index (χ0) is 19.6. The standard InChI is InChI=1S/C22H26N2O4/c1-3-13-11-23(2)9-8-22-16-6-4-5-7-17(16)24-19(22)15(14(13)10-18(22)25)12-28-21(27)20(24)26/h3-7,14-15,19,21,27H,8-12H2,1-2H3. The van der Waals surface area contributed by atoms with Crippen LogP contribution in [0.4, 0.5) is 5.69 Å².